The Morgan fingerprint density at radius 2 is 2.29 bits per heavy atom. The van der Waals surface area contributed by atoms with E-state index in [0.29, 0.717) is 23.3 Å². The molecule has 1 rings (SSSR count). The molecule has 0 aliphatic heterocycles. The number of benzene rings is 1. The maximum Gasteiger partial charge on any atom is 0.185 e. The molecule has 0 aliphatic carbocycles. The summed E-state index contributed by atoms with van der Waals surface area (Å²) in [6.45, 7) is 1.72. The van der Waals surface area contributed by atoms with Crippen LogP contribution in [-0.4, -0.2) is 10.9 Å². The average molecular weight is 251 g/mol. The standard InChI is InChI=1S/C13H14FNOS/c1-10(16)17-7-3-2-4-11-5-6-12(9-15)13(14)8-11/h5-6,8H,3,7,9,15H2,1H3. The molecule has 1 aromatic carbocycles. The summed E-state index contributed by atoms with van der Waals surface area (Å²) in [5.41, 5.74) is 6.48. The molecule has 0 radical (unpaired) electrons. The number of nitrogens with two attached hydrogens (primary N) is 1. The number of carbonyl (C=O) groups is 1. The first-order valence-corrected chi connectivity index (χ1v) is 6.22. The summed E-state index contributed by atoms with van der Waals surface area (Å²) >= 11 is 1.24. The molecule has 0 atom stereocenters. The number of rotatable bonds is 3. The van der Waals surface area contributed by atoms with Crippen LogP contribution in [0.2, 0.25) is 0 Å². The van der Waals surface area contributed by atoms with Crippen molar-refractivity contribution in [1.82, 2.24) is 0 Å². The number of hydrogen-bond acceptors (Lipinski definition) is 3. The second-order valence-corrected chi connectivity index (χ2v) is 4.67. The lowest BCUT2D eigenvalue weighted by molar-refractivity contribution is -0.109. The topological polar surface area (TPSA) is 43.1 Å². The van der Waals surface area contributed by atoms with Crippen molar-refractivity contribution in [2.75, 3.05) is 5.75 Å². The van der Waals surface area contributed by atoms with Crippen molar-refractivity contribution >= 4 is 16.9 Å². The number of halogens is 1. The van der Waals surface area contributed by atoms with Crippen molar-refractivity contribution in [2.24, 2.45) is 5.73 Å². The van der Waals surface area contributed by atoms with Gasteiger partial charge in [0.15, 0.2) is 5.12 Å². The molecule has 0 fully saturated rings. The molecule has 0 amide bonds. The lowest BCUT2D eigenvalue weighted by Gasteiger charge is -1.98. The molecule has 0 unspecified atom stereocenters. The summed E-state index contributed by atoms with van der Waals surface area (Å²) in [5, 5.41) is 0.0881. The van der Waals surface area contributed by atoms with Gasteiger partial charge in [0.1, 0.15) is 5.82 Å². The molecule has 1 aromatic rings. The zero-order valence-corrected chi connectivity index (χ0v) is 10.4. The molecule has 0 bridgehead atoms. The van der Waals surface area contributed by atoms with Crippen LogP contribution in [0.3, 0.4) is 0 Å². The Morgan fingerprint density at radius 1 is 1.53 bits per heavy atom. The minimum absolute atomic E-state index is 0.0881. The van der Waals surface area contributed by atoms with Crippen molar-refractivity contribution in [1.29, 1.82) is 0 Å². The molecule has 0 saturated carbocycles. The van der Waals surface area contributed by atoms with E-state index >= 15 is 0 Å². The van der Waals surface area contributed by atoms with E-state index in [1.165, 1.54) is 24.8 Å². The number of hydrogen-bond donors (Lipinski definition) is 1. The number of carbonyl (C=O) groups excluding carboxylic acids is 1. The highest BCUT2D eigenvalue weighted by Crippen LogP contribution is 2.09. The van der Waals surface area contributed by atoms with Gasteiger partial charge in [-0.25, -0.2) is 4.39 Å². The Hall–Kier alpha value is -1.31. The quantitative estimate of drug-likeness (QED) is 0.662. The van der Waals surface area contributed by atoms with Gasteiger partial charge in [-0.15, -0.1) is 0 Å². The van der Waals surface area contributed by atoms with Gasteiger partial charge in [0.2, 0.25) is 0 Å². The van der Waals surface area contributed by atoms with Gasteiger partial charge in [0.05, 0.1) is 0 Å². The van der Waals surface area contributed by atoms with Gasteiger partial charge < -0.3 is 5.73 Å². The summed E-state index contributed by atoms with van der Waals surface area (Å²) in [6, 6.07) is 4.77. The van der Waals surface area contributed by atoms with E-state index in [2.05, 4.69) is 11.8 Å². The monoisotopic (exact) mass is 251 g/mol. The van der Waals surface area contributed by atoms with E-state index in [0.717, 1.165) is 0 Å². The third kappa shape index (κ3) is 5.03. The molecule has 2 N–H and O–H groups in total. The van der Waals surface area contributed by atoms with E-state index in [4.69, 9.17) is 5.73 Å². The molecule has 17 heavy (non-hydrogen) atoms. The maximum absolute atomic E-state index is 13.3. The van der Waals surface area contributed by atoms with Crippen LogP contribution in [0.5, 0.6) is 0 Å². The van der Waals surface area contributed by atoms with Crippen LogP contribution in [0.1, 0.15) is 24.5 Å². The average Bonchev–Trinajstić information content (AvgIpc) is 2.28. The van der Waals surface area contributed by atoms with Crippen LogP contribution in [0.15, 0.2) is 18.2 Å². The smallest absolute Gasteiger partial charge is 0.185 e. The fourth-order valence-electron chi connectivity index (χ4n) is 1.20. The molecule has 90 valence electrons. The summed E-state index contributed by atoms with van der Waals surface area (Å²) in [6.07, 6.45) is 0.616. The Bertz CT molecular complexity index is 462. The highest BCUT2D eigenvalue weighted by Gasteiger charge is 1.99. The summed E-state index contributed by atoms with van der Waals surface area (Å²) in [7, 11) is 0. The van der Waals surface area contributed by atoms with Gasteiger partial charge in [0, 0.05) is 36.8 Å². The Balaban J connectivity index is 2.54. The van der Waals surface area contributed by atoms with Crippen LogP contribution < -0.4 is 5.73 Å². The van der Waals surface area contributed by atoms with Crippen molar-refractivity contribution in [2.45, 2.75) is 19.9 Å². The zero-order valence-electron chi connectivity index (χ0n) is 9.63. The molecule has 0 spiro atoms. The van der Waals surface area contributed by atoms with E-state index in [1.807, 2.05) is 0 Å². The van der Waals surface area contributed by atoms with Crippen molar-refractivity contribution in [3.8, 4) is 11.8 Å². The lowest BCUT2D eigenvalue weighted by Crippen LogP contribution is -1.99. The first kappa shape index (κ1) is 13.8. The van der Waals surface area contributed by atoms with Crippen LogP contribution in [0.4, 0.5) is 4.39 Å². The van der Waals surface area contributed by atoms with Gasteiger partial charge in [0.25, 0.3) is 0 Å². The van der Waals surface area contributed by atoms with Gasteiger partial charge in [-0.2, -0.15) is 0 Å². The lowest BCUT2D eigenvalue weighted by atomic mass is 10.1. The van der Waals surface area contributed by atoms with E-state index in [9.17, 15) is 9.18 Å². The minimum Gasteiger partial charge on any atom is -0.326 e. The van der Waals surface area contributed by atoms with E-state index in [1.54, 1.807) is 12.1 Å². The summed E-state index contributed by atoms with van der Waals surface area (Å²) in [5.74, 6) is 6.11. The Kier molecular flexibility index (Phi) is 5.75. The summed E-state index contributed by atoms with van der Waals surface area (Å²) < 4.78 is 13.3. The van der Waals surface area contributed by atoms with Crippen LogP contribution in [0, 0.1) is 17.7 Å². The van der Waals surface area contributed by atoms with E-state index < -0.39 is 0 Å². The second-order valence-electron chi connectivity index (χ2n) is 3.40. The van der Waals surface area contributed by atoms with Crippen LogP contribution >= 0.6 is 11.8 Å². The first-order chi connectivity index (χ1) is 8.13. The molecule has 0 aromatic heterocycles. The first-order valence-electron chi connectivity index (χ1n) is 5.24. The normalized spacial score (nSPS) is 9.59. The highest BCUT2D eigenvalue weighted by molar-refractivity contribution is 8.13. The van der Waals surface area contributed by atoms with E-state index in [-0.39, 0.29) is 17.5 Å². The maximum atomic E-state index is 13.3. The van der Waals surface area contributed by atoms with Crippen LogP contribution in [0.25, 0.3) is 0 Å². The third-order valence-corrected chi connectivity index (χ3v) is 2.85. The van der Waals surface area contributed by atoms with Crippen molar-refractivity contribution in [3.05, 3.63) is 35.1 Å². The van der Waals surface area contributed by atoms with Crippen molar-refractivity contribution in [3.63, 3.8) is 0 Å². The predicted molar refractivity (Wildman–Crippen MR) is 68.9 cm³/mol. The van der Waals surface area contributed by atoms with Gasteiger partial charge in [-0.1, -0.05) is 29.7 Å². The molecule has 0 aliphatic rings. The third-order valence-electron chi connectivity index (χ3n) is 2.04. The van der Waals surface area contributed by atoms with Crippen molar-refractivity contribution < 1.29 is 9.18 Å². The van der Waals surface area contributed by atoms with Gasteiger partial charge in [-0.05, 0) is 12.1 Å². The minimum atomic E-state index is -0.322. The second kappa shape index (κ2) is 7.10. The molecule has 0 heterocycles. The van der Waals surface area contributed by atoms with Crippen LogP contribution in [-0.2, 0) is 11.3 Å². The zero-order chi connectivity index (χ0) is 12.7. The summed E-state index contributed by atoms with van der Waals surface area (Å²) in [4.78, 5) is 10.6. The molecule has 2 nitrogen and oxygen atoms in total. The fourth-order valence-corrected chi connectivity index (χ4v) is 1.69. The van der Waals surface area contributed by atoms with Gasteiger partial charge in [-0.3, -0.25) is 4.79 Å². The molecule has 0 saturated heterocycles. The molecular formula is C13H14FNOS. The Labute approximate surface area is 105 Å². The van der Waals surface area contributed by atoms with Gasteiger partial charge >= 0.3 is 0 Å². The predicted octanol–water partition coefficient (Wildman–Crippen LogP) is 2.31. The molecule has 4 heteroatoms. The molecular weight excluding hydrogens is 237 g/mol. The highest BCUT2D eigenvalue weighted by atomic mass is 32.2. The SMILES string of the molecule is CC(=O)SCCC#Cc1ccc(CN)c(F)c1. The number of thioether (sulfide) groups is 1. The fraction of sp³-hybridized carbons (Fsp3) is 0.308. The largest absolute Gasteiger partial charge is 0.326 e. The Morgan fingerprint density at radius 3 is 2.88 bits per heavy atom.